The van der Waals surface area contributed by atoms with Crippen LogP contribution in [0.15, 0.2) is 11.6 Å². The van der Waals surface area contributed by atoms with Gasteiger partial charge in [-0.3, -0.25) is 4.90 Å². The van der Waals surface area contributed by atoms with Crippen LogP contribution in [0.5, 0.6) is 0 Å². The number of hydrogen-bond donors (Lipinski definition) is 0. The number of fused-ring (bicyclic) bond motifs is 1. The van der Waals surface area contributed by atoms with Crippen molar-refractivity contribution >= 4 is 10.2 Å². The van der Waals surface area contributed by atoms with Crippen LogP contribution in [-0.4, -0.2) is 68.2 Å². The molecule has 2 rings (SSSR count). The molecular weight excluding hydrogens is 334 g/mol. The lowest BCUT2D eigenvalue weighted by Gasteiger charge is -2.47. The van der Waals surface area contributed by atoms with Gasteiger partial charge in [0.2, 0.25) is 0 Å². The Morgan fingerprint density at radius 2 is 1.96 bits per heavy atom. The average molecular weight is 372 g/mol. The summed E-state index contributed by atoms with van der Waals surface area (Å²) in [5.41, 5.74) is 1.40. The van der Waals surface area contributed by atoms with E-state index in [9.17, 15) is 8.42 Å². The summed E-state index contributed by atoms with van der Waals surface area (Å²) in [4.78, 5) is 2.65. The Morgan fingerprint density at radius 3 is 2.60 bits per heavy atom. The highest BCUT2D eigenvalue weighted by Gasteiger charge is 2.40. The smallest absolute Gasteiger partial charge is 0.281 e. The van der Waals surface area contributed by atoms with Crippen molar-refractivity contribution < 1.29 is 8.42 Å². The van der Waals surface area contributed by atoms with Gasteiger partial charge in [0, 0.05) is 39.8 Å². The Labute approximate surface area is 155 Å². The van der Waals surface area contributed by atoms with Crippen LogP contribution < -0.4 is 0 Å². The predicted octanol–water partition coefficient (Wildman–Crippen LogP) is 2.96. The van der Waals surface area contributed by atoms with Crippen molar-refractivity contribution in [3.63, 3.8) is 0 Å². The summed E-state index contributed by atoms with van der Waals surface area (Å²) in [5.74, 6) is 1.18. The summed E-state index contributed by atoms with van der Waals surface area (Å²) < 4.78 is 27.9. The van der Waals surface area contributed by atoms with Gasteiger partial charge in [-0.1, -0.05) is 18.6 Å². The van der Waals surface area contributed by atoms with Gasteiger partial charge in [0.1, 0.15) is 0 Å². The molecule has 0 aromatic carbocycles. The van der Waals surface area contributed by atoms with Gasteiger partial charge in [-0.25, -0.2) is 0 Å². The van der Waals surface area contributed by atoms with E-state index in [1.807, 2.05) is 0 Å². The Bertz CT molecular complexity index is 555. The molecule has 0 aromatic heterocycles. The molecule has 6 heteroatoms. The maximum atomic E-state index is 12.4. The van der Waals surface area contributed by atoms with E-state index in [1.165, 1.54) is 35.7 Å². The van der Waals surface area contributed by atoms with Gasteiger partial charge in [-0.2, -0.15) is 17.0 Å². The normalized spacial score (nSPS) is 27.1. The molecule has 2 heterocycles. The fourth-order valence-corrected chi connectivity index (χ4v) is 5.47. The van der Waals surface area contributed by atoms with Gasteiger partial charge >= 0.3 is 0 Å². The fraction of sp³-hybridized carbons (Fsp3) is 0.895. The number of piperidine rings is 2. The first-order valence-corrected chi connectivity index (χ1v) is 11.2. The van der Waals surface area contributed by atoms with E-state index in [2.05, 4.69) is 31.7 Å². The second-order valence-electron chi connectivity index (χ2n) is 8.37. The second-order valence-corrected chi connectivity index (χ2v) is 10.5. The molecule has 0 N–H and O–H groups in total. The summed E-state index contributed by atoms with van der Waals surface area (Å²) in [5, 5.41) is 0. The van der Waals surface area contributed by atoms with Crippen LogP contribution in [0.1, 0.15) is 52.9 Å². The van der Waals surface area contributed by atoms with Gasteiger partial charge in [0.05, 0.1) is 0 Å². The zero-order valence-corrected chi connectivity index (χ0v) is 17.6. The first kappa shape index (κ1) is 20.9. The number of nitrogens with zero attached hydrogens (tertiary/aromatic N) is 3. The molecule has 0 spiro atoms. The minimum Gasteiger partial charge on any atom is -0.300 e. The summed E-state index contributed by atoms with van der Waals surface area (Å²) in [6.45, 7) is 10.4. The Balaban J connectivity index is 1.92. The van der Waals surface area contributed by atoms with Crippen molar-refractivity contribution in [3.05, 3.63) is 11.6 Å². The minimum absolute atomic E-state index is 0.488. The molecule has 146 valence electrons. The van der Waals surface area contributed by atoms with E-state index in [4.69, 9.17) is 0 Å². The van der Waals surface area contributed by atoms with E-state index in [1.54, 1.807) is 18.4 Å². The second kappa shape index (κ2) is 8.98. The predicted molar refractivity (Wildman–Crippen MR) is 105 cm³/mol. The zero-order chi connectivity index (χ0) is 18.6. The highest BCUT2D eigenvalue weighted by molar-refractivity contribution is 7.86. The van der Waals surface area contributed by atoms with Crippen molar-refractivity contribution in [1.82, 2.24) is 13.5 Å². The van der Waals surface area contributed by atoms with Crippen molar-refractivity contribution in [2.45, 2.75) is 58.9 Å². The average Bonchev–Trinajstić information content (AvgIpc) is 2.54. The number of hydrogen-bond acceptors (Lipinski definition) is 3. The first-order chi connectivity index (χ1) is 11.7. The zero-order valence-electron chi connectivity index (χ0n) is 16.7. The van der Waals surface area contributed by atoms with Crippen LogP contribution in [-0.2, 0) is 10.2 Å². The number of rotatable bonds is 7. The summed E-state index contributed by atoms with van der Waals surface area (Å²) in [6, 6.07) is 0.563. The van der Waals surface area contributed by atoms with Crippen LogP contribution in [0.4, 0.5) is 0 Å². The quantitative estimate of drug-likeness (QED) is 0.646. The Kier molecular flexibility index (Phi) is 7.50. The van der Waals surface area contributed by atoms with E-state index in [-0.39, 0.29) is 0 Å². The SMILES string of the molecule is CC(C)=CCCC(C)CN1CCC[C@@H]2CN(S(=O)(=O)N(C)C)CC[C@@H]21. The van der Waals surface area contributed by atoms with E-state index < -0.39 is 10.2 Å². The number of likely N-dealkylation sites (tertiary alicyclic amines) is 1. The third-order valence-corrected chi connectivity index (χ3v) is 7.60. The molecule has 0 aliphatic carbocycles. The molecule has 25 heavy (non-hydrogen) atoms. The molecule has 5 nitrogen and oxygen atoms in total. The van der Waals surface area contributed by atoms with Crippen LogP contribution in [0, 0.1) is 11.8 Å². The third kappa shape index (κ3) is 5.52. The van der Waals surface area contributed by atoms with Crippen LogP contribution in [0.3, 0.4) is 0 Å². The van der Waals surface area contributed by atoms with Crippen LogP contribution >= 0.6 is 0 Å². The van der Waals surface area contributed by atoms with Crippen molar-refractivity contribution in [2.75, 3.05) is 40.3 Å². The Hall–Kier alpha value is -0.430. The highest BCUT2D eigenvalue weighted by atomic mass is 32.2. The van der Waals surface area contributed by atoms with Crippen molar-refractivity contribution in [2.24, 2.45) is 11.8 Å². The molecule has 0 aromatic rings. The molecule has 2 fully saturated rings. The summed E-state index contributed by atoms with van der Waals surface area (Å²) >= 11 is 0. The lowest BCUT2D eigenvalue weighted by Crippen LogP contribution is -2.57. The summed E-state index contributed by atoms with van der Waals surface area (Å²) in [7, 11) is -0.0141. The molecule has 0 saturated carbocycles. The van der Waals surface area contributed by atoms with E-state index >= 15 is 0 Å². The van der Waals surface area contributed by atoms with Crippen LogP contribution in [0.25, 0.3) is 0 Å². The van der Waals surface area contributed by atoms with Gasteiger partial charge in [0.15, 0.2) is 0 Å². The van der Waals surface area contributed by atoms with Crippen LogP contribution in [0.2, 0.25) is 0 Å². The van der Waals surface area contributed by atoms with E-state index in [0.717, 1.165) is 19.4 Å². The molecule has 2 aliphatic rings. The lowest BCUT2D eigenvalue weighted by atomic mass is 9.84. The van der Waals surface area contributed by atoms with Gasteiger partial charge in [-0.05, 0) is 64.3 Å². The molecule has 3 atom stereocenters. The topological polar surface area (TPSA) is 43.9 Å². The molecule has 2 aliphatic heterocycles. The van der Waals surface area contributed by atoms with Gasteiger partial charge in [0.25, 0.3) is 10.2 Å². The lowest BCUT2D eigenvalue weighted by molar-refractivity contribution is 0.0359. The maximum Gasteiger partial charge on any atom is 0.281 e. The van der Waals surface area contributed by atoms with Crippen molar-refractivity contribution in [1.29, 1.82) is 0 Å². The molecule has 2 saturated heterocycles. The first-order valence-electron chi connectivity index (χ1n) is 9.76. The molecular formula is C19H37N3O2S. The standard InChI is InChI=1S/C19H37N3O2S/c1-16(2)8-6-9-17(3)14-21-12-7-10-18-15-22(13-11-19(18)21)25(23,24)20(4)5/h8,17-19H,6-7,9-15H2,1-5H3/t17?,18-,19+/m1/s1. The minimum atomic E-state index is -3.27. The monoisotopic (exact) mass is 371 g/mol. The largest absolute Gasteiger partial charge is 0.300 e. The third-order valence-electron chi connectivity index (χ3n) is 5.69. The van der Waals surface area contributed by atoms with E-state index in [0.29, 0.717) is 31.0 Å². The molecule has 0 radical (unpaired) electrons. The maximum absolute atomic E-state index is 12.4. The molecule has 0 amide bonds. The fourth-order valence-electron chi connectivity index (χ4n) is 4.29. The van der Waals surface area contributed by atoms with Gasteiger partial charge < -0.3 is 0 Å². The summed E-state index contributed by atoms with van der Waals surface area (Å²) in [6.07, 6.45) is 8.06. The Morgan fingerprint density at radius 1 is 1.24 bits per heavy atom. The van der Waals surface area contributed by atoms with Gasteiger partial charge in [-0.15, -0.1) is 0 Å². The number of allylic oxidation sites excluding steroid dienone is 2. The highest BCUT2D eigenvalue weighted by Crippen LogP contribution is 2.32. The molecule has 0 bridgehead atoms. The molecule has 1 unspecified atom stereocenters. The van der Waals surface area contributed by atoms with Crippen molar-refractivity contribution in [3.8, 4) is 0 Å².